The van der Waals surface area contributed by atoms with E-state index in [0.717, 1.165) is 16.8 Å². The summed E-state index contributed by atoms with van der Waals surface area (Å²) in [7, 11) is 0. The van der Waals surface area contributed by atoms with Crippen LogP contribution in [0.5, 0.6) is 0 Å². The smallest absolute Gasteiger partial charge is 0.319 e. The first-order valence-electron chi connectivity index (χ1n) is 7.32. The van der Waals surface area contributed by atoms with Gasteiger partial charge in [0.15, 0.2) is 0 Å². The van der Waals surface area contributed by atoms with Gasteiger partial charge in [-0.3, -0.25) is 4.79 Å². The van der Waals surface area contributed by atoms with Crippen LogP contribution in [-0.4, -0.2) is 11.9 Å². The Morgan fingerprint density at radius 3 is 2.70 bits per heavy atom. The fourth-order valence-corrected chi connectivity index (χ4v) is 2.42. The van der Waals surface area contributed by atoms with Crippen molar-refractivity contribution >= 4 is 23.3 Å². The molecule has 3 rings (SSSR count). The molecule has 118 valence electrons. The minimum absolute atomic E-state index is 0.00949. The molecule has 3 amide bonds. The number of carbonyl (C=O) groups excluding carboxylic acids is 2. The number of amides is 3. The summed E-state index contributed by atoms with van der Waals surface area (Å²) in [6.07, 6.45) is 1.11. The summed E-state index contributed by atoms with van der Waals surface area (Å²) in [6, 6.07) is 11.0. The van der Waals surface area contributed by atoms with Crippen LogP contribution in [0.25, 0.3) is 0 Å². The van der Waals surface area contributed by atoms with Gasteiger partial charge in [0.25, 0.3) is 0 Å². The lowest BCUT2D eigenvalue weighted by Crippen LogP contribution is -2.28. The van der Waals surface area contributed by atoms with E-state index in [2.05, 4.69) is 16.0 Å². The van der Waals surface area contributed by atoms with Gasteiger partial charge in [-0.2, -0.15) is 0 Å². The Kier molecular flexibility index (Phi) is 4.23. The van der Waals surface area contributed by atoms with Gasteiger partial charge in [0, 0.05) is 24.3 Å². The van der Waals surface area contributed by atoms with E-state index >= 15 is 0 Å². The number of aryl methyl sites for hydroxylation is 1. The SMILES string of the molecule is O=C1CCc2cc(NC(=O)NCc3ccc(F)cc3)ccc2N1. The molecule has 23 heavy (non-hydrogen) atoms. The molecule has 0 atom stereocenters. The van der Waals surface area contributed by atoms with Gasteiger partial charge in [-0.25, -0.2) is 9.18 Å². The molecule has 3 N–H and O–H groups in total. The topological polar surface area (TPSA) is 70.2 Å². The Balaban J connectivity index is 1.57. The summed E-state index contributed by atoms with van der Waals surface area (Å²) in [5.74, 6) is -0.297. The molecule has 0 unspecified atom stereocenters. The molecule has 2 aromatic rings. The van der Waals surface area contributed by atoms with Crippen LogP contribution < -0.4 is 16.0 Å². The lowest BCUT2D eigenvalue weighted by atomic mass is 10.0. The third-order valence-corrected chi connectivity index (χ3v) is 3.62. The highest BCUT2D eigenvalue weighted by molar-refractivity contribution is 5.95. The van der Waals surface area contributed by atoms with Crippen molar-refractivity contribution in [2.24, 2.45) is 0 Å². The molecule has 0 bridgehead atoms. The Hall–Kier alpha value is -2.89. The predicted molar refractivity (Wildman–Crippen MR) is 85.7 cm³/mol. The summed E-state index contributed by atoms with van der Waals surface area (Å²) in [5.41, 5.74) is 3.27. The lowest BCUT2D eigenvalue weighted by Gasteiger charge is -2.17. The zero-order valence-corrected chi connectivity index (χ0v) is 12.4. The minimum Gasteiger partial charge on any atom is -0.334 e. The molecule has 5 nitrogen and oxygen atoms in total. The van der Waals surface area contributed by atoms with Crippen molar-refractivity contribution in [3.05, 3.63) is 59.4 Å². The molecule has 0 radical (unpaired) electrons. The van der Waals surface area contributed by atoms with Crippen LogP contribution in [0.3, 0.4) is 0 Å². The average molecular weight is 313 g/mol. The van der Waals surface area contributed by atoms with Crippen molar-refractivity contribution < 1.29 is 14.0 Å². The standard InChI is InChI=1S/C17H16FN3O2/c18-13-4-1-11(2-5-13)10-19-17(23)20-14-6-7-15-12(9-14)3-8-16(22)21-15/h1-2,4-7,9H,3,8,10H2,(H,21,22)(H2,19,20,23). The summed E-state index contributed by atoms with van der Waals surface area (Å²) in [4.78, 5) is 23.2. The Bertz CT molecular complexity index is 744. The molecule has 1 heterocycles. The quantitative estimate of drug-likeness (QED) is 0.815. The van der Waals surface area contributed by atoms with Crippen LogP contribution >= 0.6 is 0 Å². The van der Waals surface area contributed by atoms with Gasteiger partial charge in [-0.05, 0) is 47.9 Å². The number of nitrogens with one attached hydrogen (secondary N) is 3. The third kappa shape index (κ3) is 3.85. The minimum atomic E-state index is -0.339. The molecular weight excluding hydrogens is 297 g/mol. The summed E-state index contributed by atoms with van der Waals surface area (Å²) < 4.78 is 12.8. The number of anilines is 2. The van der Waals surface area contributed by atoms with Crippen LogP contribution in [0, 0.1) is 5.82 Å². The molecule has 6 heteroatoms. The number of hydrogen-bond donors (Lipinski definition) is 3. The molecule has 0 spiro atoms. The highest BCUT2D eigenvalue weighted by Gasteiger charge is 2.15. The second kappa shape index (κ2) is 6.48. The van der Waals surface area contributed by atoms with Crippen molar-refractivity contribution in [2.75, 3.05) is 10.6 Å². The van der Waals surface area contributed by atoms with E-state index < -0.39 is 0 Å². The van der Waals surface area contributed by atoms with Gasteiger partial charge < -0.3 is 16.0 Å². The molecule has 0 saturated carbocycles. The van der Waals surface area contributed by atoms with E-state index in [9.17, 15) is 14.0 Å². The van der Waals surface area contributed by atoms with Crippen LogP contribution in [0.2, 0.25) is 0 Å². The molecule has 1 aliphatic heterocycles. The van der Waals surface area contributed by atoms with E-state index in [1.165, 1.54) is 12.1 Å². The number of carbonyl (C=O) groups is 2. The van der Waals surface area contributed by atoms with Crippen molar-refractivity contribution in [3.63, 3.8) is 0 Å². The van der Waals surface area contributed by atoms with E-state index in [0.29, 0.717) is 25.1 Å². The van der Waals surface area contributed by atoms with E-state index in [4.69, 9.17) is 0 Å². The molecular formula is C17H16FN3O2. The predicted octanol–water partition coefficient (Wildman–Crippen LogP) is 3.03. The monoisotopic (exact) mass is 313 g/mol. The molecule has 0 aliphatic carbocycles. The van der Waals surface area contributed by atoms with Gasteiger partial charge in [0.05, 0.1) is 0 Å². The van der Waals surface area contributed by atoms with Gasteiger partial charge >= 0.3 is 6.03 Å². The first-order chi connectivity index (χ1) is 11.1. The zero-order chi connectivity index (χ0) is 16.2. The van der Waals surface area contributed by atoms with Crippen molar-refractivity contribution in [1.29, 1.82) is 0 Å². The summed E-state index contributed by atoms with van der Waals surface area (Å²) in [6.45, 7) is 0.313. The fraction of sp³-hybridized carbons (Fsp3) is 0.176. The second-order valence-electron chi connectivity index (χ2n) is 5.35. The maximum Gasteiger partial charge on any atom is 0.319 e. The van der Waals surface area contributed by atoms with Crippen LogP contribution in [0.1, 0.15) is 17.5 Å². The highest BCUT2D eigenvalue weighted by atomic mass is 19.1. The normalized spacial score (nSPS) is 13.0. The van der Waals surface area contributed by atoms with Crippen LogP contribution in [0.4, 0.5) is 20.6 Å². The van der Waals surface area contributed by atoms with Gasteiger partial charge in [0.1, 0.15) is 5.82 Å². The molecule has 0 aromatic heterocycles. The second-order valence-corrected chi connectivity index (χ2v) is 5.35. The van der Waals surface area contributed by atoms with Gasteiger partial charge in [-0.1, -0.05) is 12.1 Å². The largest absolute Gasteiger partial charge is 0.334 e. The number of urea groups is 1. The van der Waals surface area contributed by atoms with E-state index in [1.54, 1.807) is 24.3 Å². The van der Waals surface area contributed by atoms with Crippen molar-refractivity contribution in [2.45, 2.75) is 19.4 Å². The molecule has 0 fully saturated rings. The highest BCUT2D eigenvalue weighted by Crippen LogP contribution is 2.25. The average Bonchev–Trinajstić information content (AvgIpc) is 2.54. The van der Waals surface area contributed by atoms with Gasteiger partial charge in [-0.15, -0.1) is 0 Å². The Morgan fingerprint density at radius 1 is 1.13 bits per heavy atom. The maximum atomic E-state index is 12.8. The Morgan fingerprint density at radius 2 is 1.91 bits per heavy atom. The van der Waals surface area contributed by atoms with Crippen molar-refractivity contribution in [1.82, 2.24) is 5.32 Å². The Labute approximate surface area is 132 Å². The van der Waals surface area contributed by atoms with E-state index in [-0.39, 0.29) is 17.8 Å². The third-order valence-electron chi connectivity index (χ3n) is 3.62. The summed E-state index contributed by atoms with van der Waals surface area (Å²) in [5, 5.41) is 8.25. The maximum absolute atomic E-state index is 12.8. The fourth-order valence-electron chi connectivity index (χ4n) is 2.42. The van der Waals surface area contributed by atoms with Gasteiger partial charge in [0.2, 0.25) is 5.91 Å². The number of benzene rings is 2. The molecule has 2 aromatic carbocycles. The number of fused-ring (bicyclic) bond motifs is 1. The lowest BCUT2D eigenvalue weighted by molar-refractivity contribution is -0.116. The number of halogens is 1. The van der Waals surface area contributed by atoms with Crippen molar-refractivity contribution in [3.8, 4) is 0 Å². The van der Waals surface area contributed by atoms with Crippen LogP contribution in [-0.2, 0) is 17.8 Å². The zero-order valence-electron chi connectivity index (χ0n) is 12.4. The number of hydrogen-bond acceptors (Lipinski definition) is 2. The van der Waals surface area contributed by atoms with Crippen LogP contribution in [0.15, 0.2) is 42.5 Å². The first kappa shape index (κ1) is 15.0. The van der Waals surface area contributed by atoms with E-state index in [1.807, 2.05) is 6.07 Å². The molecule has 0 saturated heterocycles. The molecule has 1 aliphatic rings. The first-order valence-corrected chi connectivity index (χ1v) is 7.32. The summed E-state index contributed by atoms with van der Waals surface area (Å²) >= 11 is 0. The number of rotatable bonds is 3.